The molecular weight excluding hydrogens is 248 g/mol. The zero-order valence-electron chi connectivity index (χ0n) is 8.67. The summed E-state index contributed by atoms with van der Waals surface area (Å²) in [5.41, 5.74) is 0. The number of thiophene rings is 1. The Morgan fingerprint density at radius 1 is 1.62 bits per heavy atom. The van der Waals surface area contributed by atoms with E-state index in [1.54, 1.807) is 0 Å². The molecule has 0 bridgehead atoms. The van der Waals surface area contributed by atoms with Crippen LogP contribution in [0.25, 0.3) is 0 Å². The number of aliphatic carboxylic acids is 1. The standard InChI is InChI=1S/C10H14O4S2/c11-8(7-9(12)13)3-2-6-16(14)10-4-1-5-15-10/h1,4-5,8,11H,2-3,6-7H2,(H,12,13). The average molecular weight is 262 g/mol. The Morgan fingerprint density at radius 3 is 2.94 bits per heavy atom. The molecule has 0 saturated heterocycles. The minimum atomic E-state index is -1.02. The summed E-state index contributed by atoms with van der Waals surface area (Å²) in [6.45, 7) is 0. The third kappa shape index (κ3) is 4.98. The molecule has 0 saturated carbocycles. The summed E-state index contributed by atoms with van der Waals surface area (Å²) in [6, 6.07) is 3.66. The summed E-state index contributed by atoms with van der Waals surface area (Å²) in [7, 11) is 0. The number of hydrogen-bond acceptors (Lipinski definition) is 4. The molecule has 0 aliphatic heterocycles. The highest BCUT2D eigenvalue weighted by molar-refractivity contribution is 7.93. The first-order chi connectivity index (χ1) is 7.59. The van der Waals surface area contributed by atoms with Crippen molar-refractivity contribution in [1.82, 2.24) is 0 Å². The van der Waals surface area contributed by atoms with E-state index >= 15 is 0 Å². The van der Waals surface area contributed by atoms with Gasteiger partial charge in [0.05, 0.1) is 12.5 Å². The maximum atomic E-state index is 11.6. The summed E-state index contributed by atoms with van der Waals surface area (Å²) in [5, 5.41) is 19.6. The number of carbonyl (C=O) groups is 1. The van der Waals surface area contributed by atoms with Gasteiger partial charge in [0.1, 0.15) is 5.75 Å². The van der Waals surface area contributed by atoms with E-state index in [4.69, 9.17) is 5.11 Å². The molecule has 0 radical (unpaired) electrons. The van der Waals surface area contributed by atoms with Crippen molar-refractivity contribution in [2.45, 2.75) is 29.6 Å². The van der Waals surface area contributed by atoms with Gasteiger partial charge in [-0.15, -0.1) is 0 Å². The van der Waals surface area contributed by atoms with Gasteiger partial charge in [-0.2, -0.15) is 0 Å². The first-order valence-electron chi connectivity index (χ1n) is 4.91. The molecule has 4 nitrogen and oxygen atoms in total. The first-order valence-corrected chi connectivity index (χ1v) is 7.11. The van der Waals surface area contributed by atoms with E-state index in [0.717, 1.165) is 4.21 Å². The van der Waals surface area contributed by atoms with E-state index in [1.807, 2.05) is 17.5 Å². The largest absolute Gasteiger partial charge is 0.611 e. The second-order valence-electron chi connectivity index (χ2n) is 3.38. The predicted molar refractivity (Wildman–Crippen MR) is 63.1 cm³/mol. The van der Waals surface area contributed by atoms with Crippen molar-refractivity contribution in [3.63, 3.8) is 0 Å². The molecule has 0 aliphatic carbocycles. The average Bonchev–Trinajstić information content (AvgIpc) is 2.68. The van der Waals surface area contributed by atoms with Crippen LogP contribution in [-0.4, -0.2) is 32.6 Å². The lowest BCUT2D eigenvalue weighted by molar-refractivity contribution is -0.139. The van der Waals surface area contributed by atoms with Crippen molar-refractivity contribution in [3.05, 3.63) is 17.5 Å². The molecule has 0 aliphatic rings. The third-order valence-electron chi connectivity index (χ3n) is 2.00. The Kier molecular flexibility index (Phi) is 5.83. The SMILES string of the molecule is O=C(O)CC(O)CCC[S+]([O-])c1cccs1. The van der Waals surface area contributed by atoms with Gasteiger partial charge in [0.15, 0.2) is 0 Å². The molecule has 0 aromatic carbocycles. The number of aliphatic hydroxyl groups is 1. The first kappa shape index (κ1) is 13.5. The molecule has 1 aromatic rings. The molecule has 0 amide bonds. The van der Waals surface area contributed by atoms with Crippen LogP contribution < -0.4 is 0 Å². The molecule has 0 spiro atoms. The summed E-state index contributed by atoms with van der Waals surface area (Å²) in [4.78, 5) is 10.3. The molecule has 6 heteroatoms. The maximum absolute atomic E-state index is 11.6. The van der Waals surface area contributed by atoms with E-state index in [0.29, 0.717) is 18.6 Å². The van der Waals surface area contributed by atoms with Gasteiger partial charge in [0.2, 0.25) is 4.21 Å². The quantitative estimate of drug-likeness (QED) is 0.729. The van der Waals surface area contributed by atoms with Gasteiger partial charge in [-0.05, 0) is 35.5 Å². The Labute approximate surface area is 101 Å². The normalized spacial score (nSPS) is 14.6. The number of carboxylic acid groups (broad SMARTS) is 1. The third-order valence-corrected chi connectivity index (χ3v) is 4.75. The van der Waals surface area contributed by atoms with Crippen LogP contribution in [0.1, 0.15) is 19.3 Å². The molecule has 90 valence electrons. The maximum Gasteiger partial charge on any atom is 0.305 e. The monoisotopic (exact) mass is 262 g/mol. The summed E-state index contributed by atoms with van der Waals surface area (Å²) in [6.07, 6.45) is -0.133. The zero-order valence-corrected chi connectivity index (χ0v) is 10.3. The lowest BCUT2D eigenvalue weighted by Crippen LogP contribution is -2.15. The lowest BCUT2D eigenvalue weighted by atomic mass is 10.1. The van der Waals surface area contributed by atoms with E-state index < -0.39 is 23.2 Å². The van der Waals surface area contributed by atoms with Crippen LogP contribution in [0, 0.1) is 0 Å². The Morgan fingerprint density at radius 2 is 2.38 bits per heavy atom. The Bertz CT molecular complexity index is 313. The fraction of sp³-hybridized carbons (Fsp3) is 0.500. The molecule has 16 heavy (non-hydrogen) atoms. The Hall–Kier alpha value is -0.560. The summed E-state index contributed by atoms with van der Waals surface area (Å²) < 4.78 is 12.5. The van der Waals surface area contributed by atoms with Gasteiger partial charge in [-0.1, -0.05) is 11.3 Å². The molecule has 1 heterocycles. The van der Waals surface area contributed by atoms with Crippen LogP contribution in [0.2, 0.25) is 0 Å². The van der Waals surface area contributed by atoms with Gasteiger partial charge in [-0.25, -0.2) is 0 Å². The van der Waals surface area contributed by atoms with Crippen LogP contribution in [0.15, 0.2) is 21.7 Å². The van der Waals surface area contributed by atoms with Gasteiger partial charge in [0, 0.05) is 6.07 Å². The summed E-state index contributed by atoms with van der Waals surface area (Å²) >= 11 is 0.422. The zero-order chi connectivity index (χ0) is 12.0. The van der Waals surface area contributed by atoms with Crippen molar-refractivity contribution in [3.8, 4) is 0 Å². The predicted octanol–water partition coefficient (Wildman–Crippen LogP) is 1.47. The summed E-state index contributed by atoms with van der Waals surface area (Å²) in [5.74, 6) is -0.538. The van der Waals surface area contributed by atoms with Crippen molar-refractivity contribution < 1.29 is 19.6 Å². The highest BCUT2D eigenvalue weighted by Gasteiger charge is 2.14. The minimum absolute atomic E-state index is 0.244. The fourth-order valence-corrected chi connectivity index (χ4v) is 3.40. The highest BCUT2D eigenvalue weighted by atomic mass is 32.2. The minimum Gasteiger partial charge on any atom is -0.611 e. The molecule has 1 aromatic heterocycles. The van der Waals surface area contributed by atoms with E-state index in [1.165, 1.54) is 11.3 Å². The molecule has 2 N–H and O–H groups in total. The van der Waals surface area contributed by atoms with Gasteiger partial charge in [0.25, 0.3) is 0 Å². The molecular formula is C10H14O4S2. The van der Waals surface area contributed by atoms with Crippen LogP contribution in [-0.2, 0) is 16.0 Å². The number of carboxylic acids is 1. The van der Waals surface area contributed by atoms with Crippen LogP contribution in [0.4, 0.5) is 0 Å². The number of aliphatic hydroxyl groups excluding tert-OH is 1. The number of hydrogen-bond donors (Lipinski definition) is 2. The second kappa shape index (κ2) is 6.90. The van der Waals surface area contributed by atoms with Crippen molar-refractivity contribution in [2.75, 3.05) is 5.75 Å². The van der Waals surface area contributed by atoms with Crippen molar-refractivity contribution in [2.24, 2.45) is 0 Å². The molecule has 2 unspecified atom stereocenters. The molecule has 1 rings (SSSR count). The van der Waals surface area contributed by atoms with E-state index in [-0.39, 0.29) is 6.42 Å². The van der Waals surface area contributed by atoms with Gasteiger partial charge in [-0.3, -0.25) is 4.79 Å². The van der Waals surface area contributed by atoms with E-state index in [2.05, 4.69) is 0 Å². The van der Waals surface area contributed by atoms with Crippen molar-refractivity contribution >= 4 is 28.5 Å². The van der Waals surface area contributed by atoms with Crippen molar-refractivity contribution in [1.29, 1.82) is 0 Å². The van der Waals surface area contributed by atoms with Crippen LogP contribution in [0.5, 0.6) is 0 Å². The van der Waals surface area contributed by atoms with E-state index in [9.17, 15) is 14.5 Å². The molecule has 0 fully saturated rings. The van der Waals surface area contributed by atoms with Crippen LogP contribution in [0.3, 0.4) is 0 Å². The highest BCUT2D eigenvalue weighted by Crippen LogP contribution is 2.18. The topological polar surface area (TPSA) is 80.6 Å². The van der Waals surface area contributed by atoms with Crippen LogP contribution >= 0.6 is 11.3 Å². The lowest BCUT2D eigenvalue weighted by Gasteiger charge is -2.10. The number of rotatable bonds is 7. The molecule has 2 atom stereocenters. The second-order valence-corrected chi connectivity index (χ2v) is 6.12. The van der Waals surface area contributed by atoms with Gasteiger partial charge < -0.3 is 14.8 Å². The van der Waals surface area contributed by atoms with Gasteiger partial charge >= 0.3 is 5.97 Å². The fourth-order valence-electron chi connectivity index (χ4n) is 1.25. The smallest absolute Gasteiger partial charge is 0.305 e. The Balaban J connectivity index is 2.18.